The van der Waals surface area contributed by atoms with Crippen molar-refractivity contribution < 1.29 is 14.3 Å². The molecule has 0 fully saturated rings. The van der Waals surface area contributed by atoms with Crippen molar-refractivity contribution in [2.75, 3.05) is 19.4 Å². The molecule has 22 heavy (non-hydrogen) atoms. The largest absolute Gasteiger partial charge is 0.450 e. The van der Waals surface area contributed by atoms with Gasteiger partial charge in [-0.15, -0.1) is 11.8 Å². The molecule has 0 unspecified atom stereocenters. The maximum Gasteiger partial charge on any atom is 0.407 e. The summed E-state index contributed by atoms with van der Waals surface area (Å²) < 4.78 is 5.09. The van der Waals surface area contributed by atoms with Crippen LogP contribution >= 0.6 is 11.8 Å². The highest BCUT2D eigenvalue weighted by Crippen LogP contribution is 2.18. The zero-order valence-electron chi connectivity index (χ0n) is 13.1. The summed E-state index contributed by atoms with van der Waals surface area (Å²) in [5.74, 6) is 0.507. The number of hydrogen-bond donors (Lipinski definition) is 2. The van der Waals surface area contributed by atoms with Crippen LogP contribution in [0.25, 0.3) is 0 Å². The predicted octanol–water partition coefficient (Wildman–Crippen LogP) is 2.81. The lowest BCUT2D eigenvalue weighted by molar-refractivity contribution is -0.120. The molecule has 6 heteroatoms. The van der Waals surface area contributed by atoms with Crippen molar-refractivity contribution in [3.63, 3.8) is 0 Å². The van der Waals surface area contributed by atoms with Crippen LogP contribution in [-0.4, -0.2) is 37.4 Å². The van der Waals surface area contributed by atoms with Gasteiger partial charge in [0.25, 0.3) is 0 Å². The van der Waals surface area contributed by atoms with E-state index in [-0.39, 0.29) is 18.4 Å². The van der Waals surface area contributed by atoms with Gasteiger partial charge in [-0.25, -0.2) is 4.79 Å². The average Bonchev–Trinajstić information content (AvgIpc) is 2.53. The fraction of sp³-hybridized carbons (Fsp3) is 0.500. The van der Waals surface area contributed by atoms with Crippen LogP contribution in [0.4, 0.5) is 4.79 Å². The smallest absolute Gasteiger partial charge is 0.407 e. The molecular weight excluding hydrogens is 300 g/mol. The van der Waals surface area contributed by atoms with Crippen LogP contribution in [0, 0.1) is 0 Å². The zero-order valence-corrected chi connectivity index (χ0v) is 13.9. The van der Waals surface area contributed by atoms with E-state index in [2.05, 4.69) is 10.6 Å². The molecule has 0 saturated heterocycles. The molecule has 0 saturated carbocycles. The summed E-state index contributed by atoms with van der Waals surface area (Å²) in [5, 5.41) is 5.35. The standard InChI is InChI=1S/C16H24N2O3S/c1-3-4-10-21-16(20)18-13(11-15(19)17-2)12-22-14-8-6-5-7-9-14/h5-9,13H,3-4,10-12H2,1-2H3,(H,17,19)(H,18,20)/t13-/m1/s1. The zero-order chi connectivity index (χ0) is 16.2. The Hall–Kier alpha value is -1.69. The van der Waals surface area contributed by atoms with E-state index in [0.717, 1.165) is 17.7 Å². The average molecular weight is 324 g/mol. The predicted molar refractivity (Wildman–Crippen MR) is 89.0 cm³/mol. The lowest BCUT2D eigenvalue weighted by atomic mass is 10.2. The normalized spacial score (nSPS) is 11.5. The Morgan fingerprint density at radius 1 is 1.27 bits per heavy atom. The third kappa shape index (κ3) is 7.93. The number of alkyl carbamates (subject to hydrolysis) is 1. The van der Waals surface area contributed by atoms with E-state index >= 15 is 0 Å². The Morgan fingerprint density at radius 2 is 2.00 bits per heavy atom. The highest BCUT2D eigenvalue weighted by Gasteiger charge is 2.17. The van der Waals surface area contributed by atoms with Gasteiger partial charge in [-0.05, 0) is 18.6 Å². The molecule has 0 spiro atoms. The fourth-order valence-electron chi connectivity index (χ4n) is 1.71. The lowest BCUT2D eigenvalue weighted by Gasteiger charge is -2.17. The van der Waals surface area contributed by atoms with Gasteiger partial charge in [-0.3, -0.25) is 4.79 Å². The van der Waals surface area contributed by atoms with Gasteiger partial charge >= 0.3 is 6.09 Å². The van der Waals surface area contributed by atoms with Crippen molar-refractivity contribution in [1.29, 1.82) is 0 Å². The van der Waals surface area contributed by atoms with E-state index in [1.165, 1.54) is 0 Å². The summed E-state index contributed by atoms with van der Waals surface area (Å²) in [5.41, 5.74) is 0. The quantitative estimate of drug-likeness (QED) is 0.541. The number of nitrogens with one attached hydrogen (secondary N) is 2. The molecule has 0 aromatic heterocycles. The van der Waals surface area contributed by atoms with Gasteiger partial charge in [-0.2, -0.15) is 0 Å². The van der Waals surface area contributed by atoms with Crippen molar-refractivity contribution in [3.8, 4) is 0 Å². The third-order valence-electron chi connectivity index (χ3n) is 2.96. The van der Waals surface area contributed by atoms with Gasteiger partial charge in [0, 0.05) is 24.1 Å². The molecule has 0 aliphatic heterocycles. The molecule has 2 N–H and O–H groups in total. The van der Waals surface area contributed by atoms with Gasteiger partial charge in [0.2, 0.25) is 5.91 Å². The molecule has 0 aliphatic rings. The van der Waals surface area contributed by atoms with Crippen LogP contribution in [0.5, 0.6) is 0 Å². The molecule has 0 aliphatic carbocycles. The first-order chi connectivity index (χ1) is 10.7. The van der Waals surface area contributed by atoms with Gasteiger partial charge in [0.1, 0.15) is 0 Å². The summed E-state index contributed by atoms with van der Waals surface area (Å²) in [6, 6.07) is 9.61. The Labute approximate surface area is 136 Å². The number of thioether (sulfide) groups is 1. The minimum absolute atomic E-state index is 0.104. The van der Waals surface area contributed by atoms with Gasteiger partial charge in [-0.1, -0.05) is 31.5 Å². The number of hydrogen-bond acceptors (Lipinski definition) is 4. The Balaban J connectivity index is 2.48. The first kappa shape index (κ1) is 18.4. The highest BCUT2D eigenvalue weighted by molar-refractivity contribution is 7.99. The lowest BCUT2D eigenvalue weighted by Crippen LogP contribution is -2.40. The van der Waals surface area contributed by atoms with E-state index in [4.69, 9.17) is 4.74 Å². The molecule has 1 aromatic rings. The van der Waals surface area contributed by atoms with E-state index in [0.29, 0.717) is 12.4 Å². The Bertz CT molecular complexity index is 454. The monoisotopic (exact) mass is 324 g/mol. The SMILES string of the molecule is CCCCOC(=O)N[C@@H](CSc1ccccc1)CC(=O)NC. The van der Waals surface area contributed by atoms with Crippen molar-refractivity contribution >= 4 is 23.8 Å². The molecule has 0 radical (unpaired) electrons. The van der Waals surface area contributed by atoms with Crippen molar-refractivity contribution in [2.24, 2.45) is 0 Å². The molecular formula is C16H24N2O3S. The second-order valence-corrected chi connectivity index (χ2v) is 5.93. The number of rotatable bonds is 9. The number of benzene rings is 1. The van der Waals surface area contributed by atoms with Gasteiger partial charge in [0.05, 0.1) is 12.6 Å². The third-order valence-corrected chi connectivity index (χ3v) is 4.13. The minimum Gasteiger partial charge on any atom is -0.450 e. The maximum atomic E-state index is 11.7. The van der Waals surface area contributed by atoms with Gasteiger partial charge < -0.3 is 15.4 Å². The van der Waals surface area contributed by atoms with E-state index in [1.807, 2.05) is 37.3 Å². The van der Waals surface area contributed by atoms with Crippen LogP contribution in [0.15, 0.2) is 35.2 Å². The number of unbranched alkanes of at least 4 members (excludes halogenated alkanes) is 1. The first-order valence-corrected chi connectivity index (χ1v) is 8.46. The summed E-state index contributed by atoms with van der Waals surface area (Å²) >= 11 is 1.60. The molecule has 2 amide bonds. The number of carbonyl (C=O) groups is 2. The Morgan fingerprint density at radius 3 is 2.64 bits per heavy atom. The topological polar surface area (TPSA) is 67.4 Å². The minimum atomic E-state index is -0.462. The summed E-state index contributed by atoms with van der Waals surface area (Å²) in [6.07, 6.45) is 1.58. The fourth-order valence-corrected chi connectivity index (χ4v) is 2.65. The second kappa shape index (κ2) is 11.0. The number of amides is 2. The van der Waals surface area contributed by atoms with Crippen LogP contribution in [-0.2, 0) is 9.53 Å². The van der Waals surface area contributed by atoms with Crippen LogP contribution in [0.2, 0.25) is 0 Å². The van der Waals surface area contributed by atoms with E-state index in [1.54, 1.807) is 18.8 Å². The van der Waals surface area contributed by atoms with E-state index in [9.17, 15) is 9.59 Å². The molecule has 1 aromatic carbocycles. The maximum absolute atomic E-state index is 11.7. The number of ether oxygens (including phenoxy) is 1. The molecule has 5 nitrogen and oxygen atoms in total. The molecule has 1 rings (SSSR count). The highest BCUT2D eigenvalue weighted by atomic mass is 32.2. The van der Waals surface area contributed by atoms with Crippen LogP contribution < -0.4 is 10.6 Å². The van der Waals surface area contributed by atoms with Crippen molar-refractivity contribution in [3.05, 3.63) is 30.3 Å². The summed E-state index contributed by atoms with van der Waals surface area (Å²) in [6.45, 7) is 2.44. The Kier molecular flexibility index (Phi) is 9.14. The summed E-state index contributed by atoms with van der Waals surface area (Å²) in [4.78, 5) is 24.4. The second-order valence-electron chi connectivity index (χ2n) is 4.83. The molecule has 122 valence electrons. The van der Waals surface area contributed by atoms with E-state index < -0.39 is 6.09 Å². The molecule has 1 atom stereocenters. The summed E-state index contributed by atoms with van der Waals surface area (Å²) in [7, 11) is 1.59. The van der Waals surface area contributed by atoms with Gasteiger partial charge in [0.15, 0.2) is 0 Å². The van der Waals surface area contributed by atoms with Crippen molar-refractivity contribution in [2.45, 2.75) is 37.1 Å². The first-order valence-electron chi connectivity index (χ1n) is 7.47. The van der Waals surface area contributed by atoms with Crippen LogP contribution in [0.1, 0.15) is 26.2 Å². The number of carbonyl (C=O) groups excluding carboxylic acids is 2. The molecule has 0 bridgehead atoms. The van der Waals surface area contributed by atoms with Crippen LogP contribution in [0.3, 0.4) is 0 Å². The van der Waals surface area contributed by atoms with Crippen molar-refractivity contribution in [1.82, 2.24) is 10.6 Å². The molecule has 0 heterocycles.